The summed E-state index contributed by atoms with van der Waals surface area (Å²) in [6.45, 7) is 7.08. The normalized spacial score (nSPS) is 36.3. The number of hydrogen-bond donors (Lipinski definition) is 2. The smallest absolute Gasteiger partial charge is 0.307 e. The molecule has 0 aromatic rings. The van der Waals surface area contributed by atoms with E-state index in [4.69, 9.17) is 14.0 Å². The minimum atomic E-state index is -4.38. The third-order valence-electron chi connectivity index (χ3n) is 10.6. The second-order valence-electron chi connectivity index (χ2n) is 12.7. The van der Waals surface area contributed by atoms with E-state index >= 15 is 0 Å². The van der Waals surface area contributed by atoms with Gasteiger partial charge < -0.3 is 14.6 Å². The Hall–Kier alpha value is -2.53. The highest BCUT2D eigenvalue weighted by Gasteiger charge is 2.71. The van der Waals surface area contributed by atoms with Gasteiger partial charge in [-0.2, -0.15) is 8.42 Å². The van der Waals surface area contributed by atoms with Gasteiger partial charge in [-0.15, -0.1) is 0 Å². The summed E-state index contributed by atoms with van der Waals surface area (Å²) in [5, 5.41) is 10.1. The summed E-state index contributed by atoms with van der Waals surface area (Å²) in [7, 11) is -4.38. The summed E-state index contributed by atoms with van der Waals surface area (Å²) >= 11 is 0. The number of carbonyl (C=O) groups excluding carboxylic acids is 4. The standard InChI is InChI=1S/C30H42O10S/c1-5-6-7-27(35)40-30(25(33)17-39-26(34)11-13-41(36,37)38)18(2)14-23-21-9-8-19-15-20(31)16-24(32)29(19,4)22(21)10-12-28(23,30)3/h15-16,18,21-23,31H,5-14,17H2,1-4H3,(H,36,37,38)/t18-,21+,22-,23-,28-,29-,30-/m0/s1. The molecule has 0 heterocycles. The molecule has 3 saturated carbocycles. The van der Waals surface area contributed by atoms with Crippen LogP contribution in [-0.2, 0) is 38.8 Å². The Morgan fingerprint density at radius 3 is 2.44 bits per heavy atom. The van der Waals surface area contributed by atoms with Gasteiger partial charge in [-0.3, -0.25) is 23.7 Å². The maximum Gasteiger partial charge on any atom is 0.307 e. The van der Waals surface area contributed by atoms with Crippen molar-refractivity contribution in [3.05, 3.63) is 23.5 Å². The molecule has 10 nitrogen and oxygen atoms in total. The van der Waals surface area contributed by atoms with Crippen molar-refractivity contribution < 1.29 is 46.7 Å². The highest BCUT2D eigenvalue weighted by atomic mass is 32.2. The lowest BCUT2D eigenvalue weighted by Gasteiger charge is -2.58. The van der Waals surface area contributed by atoms with Crippen LogP contribution >= 0.6 is 0 Å². The Bertz CT molecular complexity index is 1280. The number of aliphatic hydroxyl groups is 1. The zero-order valence-corrected chi connectivity index (χ0v) is 25.1. The average molecular weight is 595 g/mol. The van der Waals surface area contributed by atoms with Crippen LogP contribution in [0.5, 0.6) is 0 Å². The summed E-state index contributed by atoms with van der Waals surface area (Å²) in [5.74, 6) is -3.28. The molecule has 2 N–H and O–H groups in total. The molecule has 0 bridgehead atoms. The molecule has 0 saturated heterocycles. The van der Waals surface area contributed by atoms with Crippen LogP contribution < -0.4 is 0 Å². The van der Waals surface area contributed by atoms with Crippen LogP contribution in [0.2, 0.25) is 0 Å². The molecule has 0 aromatic carbocycles. The molecule has 228 valence electrons. The monoisotopic (exact) mass is 594 g/mol. The van der Waals surface area contributed by atoms with E-state index in [0.717, 1.165) is 18.4 Å². The Morgan fingerprint density at radius 2 is 1.78 bits per heavy atom. The quantitative estimate of drug-likeness (QED) is 0.276. The van der Waals surface area contributed by atoms with E-state index in [9.17, 15) is 32.7 Å². The molecule has 0 spiro atoms. The van der Waals surface area contributed by atoms with Crippen molar-refractivity contribution in [2.24, 2.45) is 34.5 Å². The zero-order chi connectivity index (χ0) is 30.4. The van der Waals surface area contributed by atoms with Gasteiger partial charge in [-0.1, -0.05) is 32.8 Å². The van der Waals surface area contributed by atoms with E-state index in [1.807, 2.05) is 27.7 Å². The van der Waals surface area contributed by atoms with Crippen molar-refractivity contribution in [2.45, 2.75) is 91.1 Å². The maximum absolute atomic E-state index is 14.1. The Labute approximate surface area is 241 Å². The Kier molecular flexibility index (Phi) is 8.64. The fourth-order valence-electron chi connectivity index (χ4n) is 8.58. The molecule has 0 amide bonds. The molecular formula is C30H42O10S. The molecular weight excluding hydrogens is 552 g/mol. The number of ether oxygens (including phenoxy) is 2. The predicted molar refractivity (Wildman–Crippen MR) is 148 cm³/mol. The van der Waals surface area contributed by atoms with Crippen molar-refractivity contribution >= 4 is 33.6 Å². The number of hydrogen-bond acceptors (Lipinski definition) is 9. The summed E-state index contributed by atoms with van der Waals surface area (Å²) < 4.78 is 42.4. The Balaban J connectivity index is 1.65. The first-order chi connectivity index (χ1) is 19.1. The Morgan fingerprint density at radius 1 is 1.07 bits per heavy atom. The molecule has 0 unspecified atom stereocenters. The SMILES string of the molecule is CCCCC(=O)O[C@]1(C(=O)COC(=O)CCS(=O)(=O)O)[C@@H](C)C[C@H]2[C@@H]3CCC4=CC(O)=CC(=O)[C@]4(C)[C@H]3CC[C@@]21C. The van der Waals surface area contributed by atoms with Gasteiger partial charge in [0, 0.05) is 23.8 Å². The maximum atomic E-state index is 14.1. The molecule has 4 rings (SSSR count). The predicted octanol–water partition coefficient (Wildman–Crippen LogP) is 4.29. The van der Waals surface area contributed by atoms with E-state index in [-0.39, 0.29) is 41.6 Å². The van der Waals surface area contributed by atoms with Crippen LogP contribution in [0.1, 0.15) is 85.5 Å². The number of unbranched alkanes of at least 4 members (excludes halogenated alkanes) is 1. The van der Waals surface area contributed by atoms with Gasteiger partial charge in [-0.25, -0.2) is 0 Å². The minimum absolute atomic E-state index is 0.00424. The number of ketones is 2. The number of Topliss-reactive ketones (excluding diaryl/α,β-unsaturated/α-hetero) is 1. The number of esters is 2. The van der Waals surface area contributed by atoms with Crippen LogP contribution in [0, 0.1) is 34.5 Å². The van der Waals surface area contributed by atoms with E-state index in [1.165, 1.54) is 6.08 Å². The van der Waals surface area contributed by atoms with Gasteiger partial charge in [0.05, 0.1) is 17.6 Å². The average Bonchev–Trinajstić information content (AvgIpc) is 3.12. The lowest BCUT2D eigenvalue weighted by atomic mass is 9.46. The summed E-state index contributed by atoms with van der Waals surface area (Å²) in [5.41, 5.74) is -2.14. The molecule has 7 atom stereocenters. The fraction of sp³-hybridized carbons (Fsp3) is 0.733. The number of carbonyl (C=O) groups is 4. The summed E-state index contributed by atoms with van der Waals surface area (Å²) in [6.07, 6.45) is 7.06. The van der Waals surface area contributed by atoms with Crippen molar-refractivity contribution in [3.63, 3.8) is 0 Å². The molecule has 0 aromatic heterocycles. The van der Waals surface area contributed by atoms with Crippen molar-refractivity contribution in [1.29, 1.82) is 0 Å². The van der Waals surface area contributed by atoms with Crippen LogP contribution in [0.25, 0.3) is 0 Å². The number of fused-ring (bicyclic) bond motifs is 5. The van der Waals surface area contributed by atoms with Crippen molar-refractivity contribution in [3.8, 4) is 0 Å². The first-order valence-corrected chi connectivity index (χ1v) is 16.2. The second kappa shape index (κ2) is 11.3. The van der Waals surface area contributed by atoms with Gasteiger partial charge in [0.15, 0.2) is 18.0 Å². The minimum Gasteiger partial charge on any atom is -0.508 e. The largest absolute Gasteiger partial charge is 0.508 e. The van der Waals surface area contributed by atoms with Crippen molar-refractivity contribution in [2.75, 3.05) is 12.4 Å². The van der Waals surface area contributed by atoms with Crippen LogP contribution in [0.4, 0.5) is 0 Å². The first-order valence-electron chi connectivity index (χ1n) is 14.6. The lowest BCUT2D eigenvalue weighted by molar-refractivity contribution is -0.198. The molecule has 41 heavy (non-hydrogen) atoms. The highest BCUT2D eigenvalue weighted by molar-refractivity contribution is 7.85. The first kappa shape index (κ1) is 31.4. The second-order valence-corrected chi connectivity index (χ2v) is 14.3. The highest BCUT2D eigenvalue weighted by Crippen LogP contribution is 2.69. The van der Waals surface area contributed by atoms with E-state index < -0.39 is 63.1 Å². The van der Waals surface area contributed by atoms with Gasteiger partial charge in [0.2, 0.25) is 5.78 Å². The number of aliphatic hydroxyl groups excluding tert-OH is 1. The summed E-state index contributed by atoms with van der Waals surface area (Å²) in [4.78, 5) is 52.7. The molecule has 0 radical (unpaired) electrons. The van der Waals surface area contributed by atoms with Crippen LogP contribution in [0.15, 0.2) is 23.5 Å². The molecule has 3 fully saturated rings. The molecule has 4 aliphatic rings. The van der Waals surface area contributed by atoms with Gasteiger partial charge in [0.1, 0.15) is 5.76 Å². The lowest BCUT2D eigenvalue weighted by Crippen LogP contribution is -2.62. The van der Waals surface area contributed by atoms with E-state index in [0.29, 0.717) is 32.1 Å². The molecule has 4 aliphatic carbocycles. The molecule has 0 aliphatic heterocycles. The van der Waals surface area contributed by atoms with E-state index in [2.05, 4.69) is 0 Å². The third kappa shape index (κ3) is 5.40. The number of allylic oxidation sites excluding steroid dienone is 3. The van der Waals surface area contributed by atoms with Crippen LogP contribution in [0.3, 0.4) is 0 Å². The topological polar surface area (TPSA) is 161 Å². The van der Waals surface area contributed by atoms with E-state index in [1.54, 1.807) is 6.08 Å². The van der Waals surface area contributed by atoms with Gasteiger partial charge in [-0.05, 0) is 69.3 Å². The third-order valence-corrected chi connectivity index (χ3v) is 11.3. The zero-order valence-electron chi connectivity index (χ0n) is 24.3. The van der Waals surface area contributed by atoms with Crippen molar-refractivity contribution in [1.82, 2.24) is 0 Å². The molecule has 11 heteroatoms. The van der Waals surface area contributed by atoms with Gasteiger partial charge >= 0.3 is 11.9 Å². The fourth-order valence-corrected chi connectivity index (χ4v) is 9.00. The van der Waals surface area contributed by atoms with Gasteiger partial charge in [0.25, 0.3) is 10.1 Å². The van der Waals surface area contributed by atoms with Crippen LogP contribution in [-0.4, -0.2) is 59.5 Å². The number of rotatable bonds is 10. The summed E-state index contributed by atoms with van der Waals surface area (Å²) in [6, 6.07) is 0.